The van der Waals surface area contributed by atoms with Gasteiger partial charge >= 0.3 is 0 Å². The molecule has 0 amide bonds. The minimum Gasteiger partial charge on any atom is -0.457 e. The van der Waals surface area contributed by atoms with Crippen molar-refractivity contribution >= 4 is 44.2 Å². The van der Waals surface area contributed by atoms with E-state index in [0.29, 0.717) is 10.6 Å². The van der Waals surface area contributed by atoms with E-state index in [-0.39, 0.29) is 11.0 Å². The molecule has 0 saturated carbocycles. The molecule has 22 heavy (non-hydrogen) atoms. The molecule has 0 spiro atoms. The van der Waals surface area contributed by atoms with E-state index in [4.69, 9.17) is 4.74 Å². The topological polar surface area (TPSA) is 43.4 Å². The summed E-state index contributed by atoms with van der Waals surface area (Å²) in [7, 11) is -3.17. The largest absolute Gasteiger partial charge is 0.457 e. The first-order valence-electron chi connectivity index (χ1n) is 6.84. The van der Waals surface area contributed by atoms with E-state index < -0.39 is 9.84 Å². The van der Waals surface area contributed by atoms with Gasteiger partial charge in [-0.2, -0.15) is 11.8 Å². The second kappa shape index (κ2) is 6.80. The van der Waals surface area contributed by atoms with E-state index >= 15 is 0 Å². The Hall–Kier alpha value is -0.730. The van der Waals surface area contributed by atoms with Crippen LogP contribution in [0.1, 0.15) is 5.56 Å². The molecule has 0 radical (unpaired) electrons. The number of rotatable bonds is 6. The lowest BCUT2D eigenvalue weighted by atomic mass is 10.2. The highest BCUT2D eigenvalue weighted by Gasteiger charge is 2.29. The van der Waals surface area contributed by atoms with Gasteiger partial charge in [-0.15, -0.1) is 0 Å². The highest BCUT2D eigenvalue weighted by Crippen LogP contribution is 2.33. The molecule has 0 bridgehead atoms. The monoisotopic (exact) mass is 446 g/mol. The standard InChI is InChI=1S/C16H15IO3S2/c17-9-12-1-3-13(4-2-12)20-14-5-7-16(8-6-14)22(18,19)11-15-10-21-15/h1-8,15H,9-11H2. The van der Waals surface area contributed by atoms with E-state index in [0.717, 1.165) is 15.9 Å². The maximum Gasteiger partial charge on any atom is 0.179 e. The Morgan fingerprint density at radius 3 is 2.09 bits per heavy atom. The molecule has 6 heteroatoms. The summed E-state index contributed by atoms with van der Waals surface area (Å²) in [5, 5.41) is 0.275. The van der Waals surface area contributed by atoms with E-state index in [1.807, 2.05) is 24.3 Å². The minimum absolute atomic E-state index is 0.232. The van der Waals surface area contributed by atoms with Gasteiger partial charge in [-0.3, -0.25) is 0 Å². The zero-order chi connectivity index (χ0) is 15.6. The Bertz CT molecular complexity index is 736. The molecule has 1 saturated heterocycles. The number of hydrogen-bond acceptors (Lipinski definition) is 4. The third kappa shape index (κ3) is 4.17. The average molecular weight is 446 g/mol. The second-order valence-electron chi connectivity index (χ2n) is 5.09. The van der Waals surface area contributed by atoms with E-state index in [1.54, 1.807) is 36.0 Å². The van der Waals surface area contributed by atoms with Crippen molar-refractivity contribution in [3.8, 4) is 11.5 Å². The van der Waals surface area contributed by atoms with Crippen molar-refractivity contribution in [2.24, 2.45) is 0 Å². The van der Waals surface area contributed by atoms with Gasteiger partial charge in [-0.1, -0.05) is 34.7 Å². The van der Waals surface area contributed by atoms with Gasteiger partial charge in [-0.25, -0.2) is 8.42 Å². The number of ether oxygens (including phenoxy) is 1. The summed E-state index contributed by atoms with van der Waals surface area (Å²) in [6.07, 6.45) is 0. The minimum atomic E-state index is -3.17. The van der Waals surface area contributed by atoms with E-state index in [9.17, 15) is 8.42 Å². The van der Waals surface area contributed by atoms with Gasteiger partial charge in [0.25, 0.3) is 0 Å². The van der Waals surface area contributed by atoms with Crippen LogP contribution in [0.3, 0.4) is 0 Å². The lowest BCUT2D eigenvalue weighted by Crippen LogP contribution is -2.10. The average Bonchev–Trinajstić information content (AvgIpc) is 3.32. The molecule has 1 unspecified atom stereocenters. The first-order valence-corrected chi connectivity index (χ1v) is 11.1. The summed E-state index contributed by atoms with van der Waals surface area (Å²) in [6.45, 7) is 0. The normalized spacial score (nSPS) is 17.2. The molecule has 3 nitrogen and oxygen atoms in total. The Kier molecular flexibility index (Phi) is 4.99. The van der Waals surface area contributed by atoms with Crippen molar-refractivity contribution in [3.05, 3.63) is 54.1 Å². The highest BCUT2D eigenvalue weighted by molar-refractivity contribution is 14.1. The molecule has 0 aromatic heterocycles. The number of alkyl halides is 1. The highest BCUT2D eigenvalue weighted by atomic mass is 127. The molecule has 3 rings (SSSR count). The molecular weight excluding hydrogens is 431 g/mol. The van der Waals surface area contributed by atoms with E-state index in [2.05, 4.69) is 22.6 Å². The molecule has 1 atom stereocenters. The third-order valence-electron chi connectivity index (χ3n) is 3.30. The lowest BCUT2D eigenvalue weighted by Gasteiger charge is -2.08. The van der Waals surface area contributed by atoms with Crippen molar-refractivity contribution in [2.75, 3.05) is 11.5 Å². The first kappa shape index (κ1) is 16.1. The summed E-state index contributed by atoms with van der Waals surface area (Å²) < 4.78 is 31.0. The predicted octanol–water partition coefficient (Wildman–Crippen LogP) is 4.30. The van der Waals surface area contributed by atoms with Crippen LogP contribution in [0.15, 0.2) is 53.4 Å². The number of thioether (sulfide) groups is 1. The van der Waals surface area contributed by atoms with Gasteiger partial charge in [0.15, 0.2) is 9.84 Å². The van der Waals surface area contributed by atoms with Crippen LogP contribution in [0, 0.1) is 0 Å². The smallest absolute Gasteiger partial charge is 0.179 e. The molecule has 2 aromatic carbocycles. The van der Waals surface area contributed by atoms with Crippen molar-refractivity contribution < 1.29 is 13.2 Å². The Labute approximate surface area is 148 Å². The van der Waals surface area contributed by atoms with Crippen LogP contribution >= 0.6 is 34.4 Å². The van der Waals surface area contributed by atoms with Crippen LogP contribution in [-0.4, -0.2) is 25.2 Å². The predicted molar refractivity (Wildman–Crippen MR) is 99.0 cm³/mol. The fourth-order valence-electron chi connectivity index (χ4n) is 2.00. The number of sulfone groups is 1. The number of halogens is 1. The summed E-state index contributed by atoms with van der Waals surface area (Å²) in [5.74, 6) is 2.57. The fourth-order valence-corrected chi connectivity index (χ4v) is 5.19. The van der Waals surface area contributed by atoms with Crippen LogP contribution in [0.4, 0.5) is 0 Å². The summed E-state index contributed by atoms with van der Waals surface area (Å²) in [5.41, 5.74) is 1.24. The zero-order valence-corrected chi connectivity index (χ0v) is 15.5. The van der Waals surface area contributed by atoms with Crippen LogP contribution in [0.5, 0.6) is 11.5 Å². The van der Waals surface area contributed by atoms with E-state index in [1.165, 1.54) is 5.56 Å². The lowest BCUT2D eigenvalue weighted by molar-refractivity contribution is 0.482. The molecule has 0 aliphatic carbocycles. The molecule has 1 aliphatic rings. The number of hydrogen-bond donors (Lipinski definition) is 0. The molecule has 116 valence electrons. The number of benzene rings is 2. The maximum atomic E-state index is 12.2. The molecule has 1 heterocycles. The van der Waals surface area contributed by atoms with Gasteiger partial charge in [0, 0.05) is 15.4 Å². The third-order valence-corrected chi connectivity index (χ3v) is 7.20. The molecule has 2 aromatic rings. The van der Waals surface area contributed by atoms with Crippen LogP contribution in [0.2, 0.25) is 0 Å². The van der Waals surface area contributed by atoms with Crippen molar-refractivity contribution in [3.63, 3.8) is 0 Å². The Morgan fingerprint density at radius 2 is 1.59 bits per heavy atom. The summed E-state index contributed by atoms with van der Waals surface area (Å²) in [4.78, 5) is 0.368. The Morgan fingerprint density at radius 1 is 1.05 bits per heavy atom. The zero-order valence-electron chi connectivity index (χ0n) is 11.7. The van der Waals surface area contributed by atoms with Gasteiger partial charge < -0.3 is 4.74 Å². The molecular formula is C16H15IO3S2. The van der Waals surface area contributed by atoms with Crippen molar-refractivity contribution in [1.29, 1.82) is 0 Å². The van der Waals surface area contributed by atoms with Crippen LogP contribution in [0.25, 0.3) is 0 Å². The first-order chi connectivity index (χ1) is 10.6. The SMILES string of the molecule is O=S(=O)(CC1CS1)c1ccc(Oc2ccc(CI)cc2)cc1. The fraction of sp³-hybridized carbons (Fsp3) is 0.250. The van der Waals surface area contributed by atoms with Gasteiger partial charge in [-0.05, 0) is 42.0 Å². The van der Waals surface area contributed by atoms with Crippen LogP contribution in [-0.2, 0) is 14.3 Å². The summed E-state index contributed by atoms with van der Waals surface area (Å²) in [6, 6.07) is 14.5. The van der Waals surface area contributed by atoms with Crippen molar-refractivity contribution in [2.45, 2.75) is 14.6 Å². The Balaban J connectivity index is 1.70. The van der Waals surface area contributed by atoms with Crippen molar-refractivity contribution in [1.82, 2.24) is 0 Å². The molecule has 0 N–H and O–H groups in total. The van der Waals surface area contributed by atoms with Crippen LogP contribution < -0.4 is 4.74 Å². The van der Waals surface area contributed by atoms with Gasteiger partial charge in [0.05, 0.1) is 10.6 Å². The molecule has 1 aliphatic heterocycles. The maximum absolute atomic E-state index is 12.2. The van der Waals surface area contributed by atoms with Gasteiger partial charge in [0.1, 0.15) is 11.5 Å². The van der Waals surface area contributed by atoms with Gasteiger partial charge in [0.2, 0.25) is 0 Å². The second-order valence-corrected chi connectivity index (χ2v) is 9.22. The molecule has 1 fully saturated rings. The summed E-state index contributed by atoms with van der Waals surface area (Å²) >= 11 is 4.01. The quantitative estimate of drug-likeness (QED) is 0.377.